The molecule has 0 bridgehead atoms. The van der Waals surface area contributed by atoms with Crippen LogP contribution in [0.15, 0.2) is 12.7 Å². The number of aromatic nitrogens is 16. The Morgan fingerprint density at radius 3 is 1.47 bits per heavy atom. The largest absolute Gasteiger partial charge is 0.387 e. The van der Waals surface area contributed by atoms with Crippen molar-refractivity contribution >= 4 is 57.2 Å². The van der Waals surface area contributed by atoms with Gasteiger partial charge in [0.15, 0.2) is 58.6 Å². The minimum absolute atomic E-state index is 0.0432. The zero-order chi connectivity index (χ0) is 38.4. The number of rotatable bonds is 14. The number of halogens is 2. The minimum atomic E-state index is -1.34. The fraction of sp³-hybridized carbons (Fsp3) is 0.586. The molecule has 2 aliphatic heterocycles. The molecular formula is C29H36Cl2N18O6. The highest BCUT2D eigenvalue weighted by atomic mass is 35.5. The summed E-state index contributed by atoms with van der Waals surface area (Å²) in [5.41, 5.74) is 1.41. The molecule has 0 radical (unpaired) electrons. The lowest BCUT2D eigenvalue weighted by atomic mass is 10.1. The minimum Gasteiger partial charge on any atom is -0.387 e. The highest BCUT2D eigenvalue weighted by molar-refractivity contribution is 6.29. The lowest BCUT2D eigenvalue weighted by molar-refractivity contribution is -0.0384. The molecule has 2 fully saturated rings. The van der Waals surface area contributed by atoms with Crippen molar-refractivity contribution < 1.29 is 29.9 Å². The molecule has 0 spiro atoms. The normalized spacial score (nSPS) is 25.5. The van der Waals surface area contributed by atoms with Gasteiger partial charge in [0, 0.05) is 13.1 Å². The number of aliphatic hydroxyl groups excluding tert-OH is 4. The van der Waals surface area contributed by atoms with E-state index in [0.717, 1.165) is 19.3 Å². The van der Waals surface area contributed by atoms with Crippen LogP contribution in [0.2, 0.25) is 10.6 Å². The van der Waals surface area contributed by atoms with Gasteiger partial charge in [0.2, 0.25) is 22.2 Å². The van der Waals surface area contributed by atoms with Crippen LogP contribution in [0.3, 0.4) is 0 Å². The van der Waals surface area contributed by atoms with Gasteiger partial charge in [-0.05, 0) is 66.7 Å². The number of ether oxygens (including phenoxy) is 2. The number of nitrogens with one attached hydrogen (secondary N) is 2. The summed E-state index contributed by atoms with van der Waals surface area (Å²) in [6.07, 6.45) is -4.26. The fourth-order valence-corrected chi connectivity index (χ4v) is 6.78. The second kappa shape index (κ2) is 15.4. The zero-order valence-electron chi connectivity index (χ0n) is 29.2. The summed E-state index contributed by atoms with van der Waals surface area (Å²) in [6, 6.07) is 0. The smallest absolute Gasteiger partial charge is 0.226 e. The quantitative estimate of drug-likeness (QED) is 0.0622. The SMILES string of the molecule is CCn1nnc([C@H]2O[C@@H](n3cnc4c(NCCCCCNc5nc(Cl)nc6c5ncn6[C@@H]5O[C@H](c6nnn(CC)n6)[C@@H](O)[C@H]5O)nc(Cl)nc43)[C@H](O)[C@@H]2O)n1. The maximum Gasteiger partial charge on any atom is 0.226 e. The highest BCUT2D eigenvalue weighted by Crippen LogP contribution is 2.40. The third kappa shape index (κ3) is 6.99. The van der Waals surface area contributed by atoms with Crippen molar-refractivity contribution in [3.63, 3.8) is 0 Å². The van der Waals surface area contributed by atoms with E-state index in [1.165, 1.54) is 31.4 Å². The molecule has 0 amide bonds. The first-order valence-electron chi connectivity index (χ1n) is 17.5. The number of tetrazole rings is 2. The van der Waals surface area contributed by atoms with Gasteiger partial charge in [0.1, 0.15) is 24.4 Å². The number of fused-ring (bicyclic) bond motifs is 2. The molecule has 0 saturated carbocycles. The van der Waals surface area contributed by atoms with Crippen molar-refractivity contribution in [3.05, 3.63) is 34.9 Å². The number of unbranched alkanes of at least 4 members (excludes halogenated alkanes) is 2. The van der Waals surface area contributed by atoms with Gasteiger partial charge in [0.05, 0.1) is 25.7 Å². The molecule has 2 aliphatic rings. The van der Waals surface area contributed by atoms with Gasteiger partial charge < -0.3 is 40.5 Å². The Kier molecular flexibility index (Phi) is 10.4. The van der Waals surface area contributed by atoms with Crippen LogP contribution in [0, 0.1) is 0 Å². The molecule has 0 aliphatic carbocycles. The van der Waals surface area contributed by atoms with Crippen LogP contribution in [-0.2, 0) is 22.6 Å². The van der Waals surface area contributed by atoms with Gasteiger partial charge in [-0.3, -0.25) is 9.13 Å². The van der Waals surface area contributed by atoms with Crippen LogP contribution >= 0.6 is 23.2 Å². The van der Waals surface area contributed by atoms with E-state index in [2.05, 4.69) is 71.4 Å². The Morgan fingerprint density at radius 2 is 1.07 bits per heavy atom. The molecule has 2 saturated heterocycles. The Hall–Kier alpha value is -4.82. The van der Waals surface area contributed by atoms with E-state index in [1.54, 1.807) is 0 Å². The van der Waals surface area contributed by atoms with Crippen LogP contribution in [0.1, 0.15) is 69.4 Å². The zero-order valence-corrected chi connectivity index (χ0v) is 30.8. The highest BCUT2D eigenvalue weighted by Gasteiger charge is 2.48. The summed E-state index contributed by atoms with van der Waals surface area (Å²) in [7, 11) is 0. The third-order valence-electron chi connectivity index (χ3n) is 9.26. The average molecular weight is 804 g/mol. The Morgan fingerprint density at radius 1 is 0.636 bits per heavy atom. The van der Waals surface area contributed by atoms with Gasteiger partial charge in [0.25, 0.3) is 0 Å². The van der Waals surface area contributed by atoms with Crippen molar-refractivity contribution in [2.75, 3.05) is 23.7 Å². The molecule has 55 heavy (non-hydrogen) atoms. The van der Waals surface area contributed by atoms with Gasteiger partial charge in [-0.2, -0.15) is 29.5 Å². The molecule has 8 heterocycles. The summed E-state index contributed by atoms with van der Waals surface area (Å²) in [4.78, 5) is 28.8. The Balaban J connectivity index is 0.862. The third-order valence-corrected chi connectivity index (χ3v) is 9.60. The van der Waals surface area contributed by atoms with E-state index < -0.39 is 49.1 Å². The number of hydrogen-bond acceptors (Lipinski definition) is 20. The van der Waals surface area contributed by atoms with Crippen LogP contribution in [-0.4, -0.2) is 137 Å². The molecule has 8 rings (SSSR count). The predicted molar refractivity (Wildman–Crippen MR) is 188 cm³/mol. The van der Waals surface area contributed by atoms with E-state index in [1.807, 2.05) is 13.8 Å². The topological polar surface area (TPSA) is 298 Å². The van der Waals surface area contributed by atoms with Crippen molar-refractivity contribution in [2.24, 2.45) is 0 Å². The predicted octanol–water partition coefficient (Wildman–Crippen LogP) is -0.0363. The molecule has 24 nitrogen and oxygen atoms in total. The van der Waals surface area contributed by atoms with Crippen molar-refractivity contribution in [3.8, 4) is 0 Å². The van der Waals surface area contributed by atoms with E-state index in [9.17, 15) is 20.4 Å². The van der Waals surface area contributed by atoms with E-state index >= 15 is 0 Å². The second-order valence-electron chi connectivity index (χ2n) is 12.8. The summed E-state index contributed by atoms with van der Waals surface area (Å²) in [5, 5.41) is 73.7. The molecule has 6 N–H and O–H groups in total. The lowest BCUT2D eigenvalue weighted by Crippen LogP contribution is -2.29. The first-order chi connectivity index (χ1) is 26.6. The van der Waals surface area contributed by atoms with Gasteiger partial charge >= 0.3 is 0 Å². The number of hydrogen-bond donors (Lipinski definition) is 6. The van der Waals surface area contributed by atoms with Crippen LogP contribution < -0.4 is 10.6 Å². The maximum absolute atomic E-state index is 10.9. The molecule has 26 heteroatoms. The molecule has 0 aromatic carbocycles. The molecule has 6 aromatic heterocycles. The van der Waals surface area contributed by atoms with Crippen LogP contribution in [0.5, 0.6) is 0 Å². The molecule has 8 atom stereocenters. The Bertz CT molecular complexity index is 2130. The lowest BCUT2D eigenvalue weighted by Gasteiger charge is -2.16. The van der Waals surface area contributed by atoms with Crippen molar-refractivity contribution in [1.29, 1.82) is 0 Å². The average Bonchev–Trinajstić information content (AvgIpc) is 4.04. The number of anilines is 2. The number of aliphatic hydroxyl groups is 4. The van der Waals surface area contributed by atoms with Gasteiger partial charge in [-0.15, -0.1) is 20.4 Å². The molecular weight excluding hydrogens is 767 g/mol. The monoisotopic (exact) mass is 802 g/mol. The molecule has 6 aromatic rings. The second-order valence-corrected chi connectivity index (χ2v) is 13.5. The standard InChI is InChI=1S/C29H36Cl2N18O6/c1-3-48-42-22(40-44-48)18-14(50)16(52)26(54-18)46-10-34-12-20(36-28(30)38-24(12)46)32-8-6-5-7-9-33-21-13-25(39-29(31)37-21)47(11-35-13)27-17(53)15(51)19(55-27)23-41-45-49(4-2)43-23/h10-11,14-19,26-27,50-53H,3-9H2,1-2H3,(H,32,36,38)(H,33,37,39)/t14-,15-,16+,17+,18-,19-,26+,27+/m0/s1. The van der Waals surface area contributed by atoms with E-state index in [0.29, 0.717) is 60.1 Å². The van der Waals surface area contributed by atoms with E-state index in [4.69, 9.17) is 32.7 Å². The summed E-state index contributed by atoms with van der Waals surface area (Å²) in [5.74, 6) is 1.09. The summed E-state index contributed by atoms with van der Waals surface area (Å²) < 4.78 is 14.9. The first-order valence-corrected chi connectivity index (χ1v) is 18.3. The summed E-state index contributed by atoms with van der Waals surface area (Å²) >= 11 is 12.6. The number of nitrogens with zero attached hydrogens (tertiary/aromatic N) is 16. The van der Waals surface area contributed by atoms with Gasteiger partial charge in [-0.1, -0.05) is 0 Å². The first kappa shape index (κ1) is 37.1. The van der Waals surface area contributed by atoms with Crippen molar-refractivity contribution in [2.45, 2.75) is 95.3 Å². The Labute approximate surface area is 319 Å². The fourth-order valence-electron chi connectivity index (χ4n) is 6.45. The van der Waals surface area contributed by atoms with Crippen LogP contribution in [0.4, 0.5) is 11.6 Å². The molecule has 0 unspecified atom stereocenters. The number of imidazole rings is 2. The molecule has 292 valence electrons. The van der Waals surface area contributed by atoms with Crippen LogP contribution in [0.25, 0.3) is 22.3 Å². The summed E-state index contributed by atoms with van der Waals surface area (Å²) in [6.45, 7) is 5.72. The maximum atomic E-state index is 10.9. The number of aryl methyl sites for hydroxylation is 2. The van der Waals surface area contributed by atoms with Gasteiger partial charge in [-0.25, -0.2) is 9.97 Å². The van der Waals surface area contributed by atoms with Crippen molar-refractivity contribution in [1.82, 2.24) is 79.5 Å². The van der Waals surface area contributed by atoms with E-state index in [-0.39, 0.29) is 22.2 Å².